The molecule has 1 aromatic carbocycles. The molecule has 1 unspecified atom stereocenters. The van der Waals surface area contributed by atoms with Crippen LogP contribution in [0, 0.1) is 0 Å². The van der Waals surface area contributed by atoms with E-state index in [1.807, 2.05) is 36.4 Å². The molecule has 0 bridgehead atoms. The lowest BCUT2D eigenvalue weighted by Crippen LogP contribution is -2.54. The lowest BCUT2D eigenvalue weighted by Gasteiger charge is -2.32. The number of nitrogens with zero attached hydrogens (tertiary/aromatic N) is 2. The van der Waals surface area contributed by atoms with E-state index in [2.05, 4.69) is 10.1 Å². The van der Waals surface area contributed by atoms with Gasteiger partial charge in [-0.05, 0) is 49.6 Å². The summed E-state index contributed by atoms with van der Waals surface area (Å²) < 4.78 is 22.8. The average Bonchev–Trinajstić information content (AvgIpc) is 3.20. The number of benzene rings is 1. The van der Waals surface area contributed by atoms with Gasteiger partial charge in [-0.3, -0.25) is 4.98 Å². The Balaban J connectivity index is 1.74. The maximum Gasteiger partial charge on any atom is 0.156 e. The van der Waals surface area contributed by atoms with Gasteiger partial charge in [0.25, 0.3) is 0 Å². The fourth-order valence-corrected chi connectivity index (χ4v) is 4.51. The minimum Gasteiger partial charge on any atom is -0.392 e. The number of pyridine rings is 1. The van der Waals surface area contributed by atoms with Crippen molar-refractivity contribution in [2.24, 2.45) is 5.16 Å². The van der Waals surface area contributed by atoms with Gasteiger partial charge in [0.05, 0.1) is 11.4 Å². The second kappa shape index (κ2) is 8.87. The van der Waals surface area contributed by atoms with Crippen LogP contribution in [-0.4, -0.2) is 57.9 Å². The van der Waals surface area contributed by atoms with Gasteiger partial charge in [0.1, 0.15) is 22.7 Å². The van der Waals surface area contributed by atoms with Crippen molar-refractivity contribution in [2.75, 3.05) is 6.26 Å². The van der Waals surface area contributed by atoms with E-state index in [0.717, 1.165) is 22.9 Å². The van der Waals surface area contributed by atoms with Crippen molar-refractivity contribution in [3.05, 3.63) is 53.9 Å². The molecule has 9 nitrogen and oxygen atoms in total. The van der Waals surface area contributed by atoms with Gasteiger partial charge >= 0.3 is 0 Å². The normalized spacial score (nSPS) is 19.7. The van der Waals surface area contributed by atoms with E-state index in [1.54, 1.807) is 25.5 Å². The summed E-state index contributed by atoms with van der Waals surface area (Å²) >= 11 is 0. The molecule has 2 heterocycles. The number of hydroxylamine groups is 1. The monoisotopic (exact) mass is 463 g/mol. The summed E-state index contributed by atoms with van der Waals surface area (Å²) in [6.45, 7) is 4.71. The van der Waals surface area contributed by atoms with Crippen molar-refractivity contribution in [3.63, 3.8) is 0 Å². The molecule has 1 aliphatic rings. The molecule has 0 saturated heterocycles. The van der Waals surface area contributed by atoms with Crippen LogP contribution in [0.2, 0.25) is 0 Å². The van der Waals surface area contributed by atoms with E-state index >= 15 is 0 Å². The van der Waals surface area contributed by atoms with Crippen molar-refractivity contribution in [2.45, 2.75) is 56.3 Å². The summed E-state index contributed by atoms with van der Waals surface area (Å²) in [5.41, 5.74) is 4.51. The molecule has 4 N–H and O–H groups in total. The number of oxime groups is 1. The lowest BCUT2D eigenvalue weighted by atomic mass is 9.95. The van der Waals surface area contributed by atoms with Crippen LogP contribution in [0.5, 0.6) is 0 Å². The third-order valence-electron chi connectivity index (χ3n) is 5.85. The van der Waals surface area contributed by atoms with Gasteiger partial charge in [-0.15, -0.1) is 0 Å². The minimum absolute atomic E-state index is 0.0532. The smallest absolute Gasteiger partial charge is 0.156 e. The number of nitrogens with one attached hydrogen (secondary N) is 1. The predicted molar refractivity (Wildman–Crippen MR) is 120 cm³/mol. The van der Waals surface area contributed by atoms with Gasteiger partial charge in [-0.1, -0.05) is 29.4 Å². The Morgan fingerprint density at radius 1 is 1.16 bits per heavy atom. The summed E-state index contributed by atoms with van der Waals surface area (Å²) in [7, 11) is -3.72. The molecule has 10 heteroatoms. The number of aliphatic hydroxyl groups is 2. The summed E-state index contributed by atoms with van der Waals surface area (Å²) in [6.07, 6.45) is 0.736. The molecular weight excluding hydrogens is 434 g/mol. The number of hydrogen-bond acceptors (Lipinski definition) is 9. The van der Waals surface area contributed by atoms with Crippen molar-refractivity contribution < 1.29 is 28.7 Å². The van der Waals surface area contributed by atoms with E-state index in [4.69, 9.17) is 10.0 Å². The first-order chi connectivity index (χ1) is 14.8. The third-order valence-corrected chi connectivity index (χ3v) is 7.94. The second-order valence-corrected chi connectivity index (χ2v) is 11.3. The average molecular weight is 464 g/mol. The number of sulfone groups is 1. The zero-order valence-corrected chi connectivity index (χ0v) is 19.3. The first kappa shape index (κ1) is 24.3. The Bertz CT molecular complexity index is 1100. The van der Waals surface area contributed by atoms with E-state index in [0.29, 0.717) is 17.8 Å². The molecule has 3 atom stereocenters. The third kappa shape index (κ3) is 5.00. The fourth-order valence-electron chi connectivity index (χ4n) is 3.56. The van der Waals surface area contributed by atoms with Crippen LogP contribution in [-0.2, 0) is 20.3 Å². The predicted octanol–water partition coefficient (Wildman–Crippen LogP) is 1.96. The Kier molecular flexibility index (Phi) is 6.73. The maximum atomic E-state index is 12.2. The summed E-state index contributed by atoms with van der Waals surface area (Å²) in [5, 5.41) is 33.4. The van der Waals surface area contributed by atoms with E-state index in [9.17, 15) is 18.6 Å². The van der Waals surface area contributed by atoms with Gasteiger partial charge in [-0.2, -0.15) is 5.48 Å². The highest BCUT2D eigenvalue weighted by Crippen LogP contribution is 2.31. The molecule has 0 fully saturated rings. The van der Waals surface area contributed by atoms with Crippen LogP contribution in [0.15, 0.2) is 47.8 Å². The van der Waals surface area contributed by atoms with Crippen molar-refractivity contribution in [3.8, 4) is 11.1 Å². The van der Waals surface area contributed by atoms with Crippen molar-refractivity contribution in [1.82, 2.24) is 10.5 Å². The molecule has 1 aromatic heterocycles. The Morgan fingerprint density at radius 2 is 1.78 bits per heavy atom. The molecular formula is C22H29N3O6S. The first-order valence-electron chi connectivity index (χ1n) is 10.1. The zero-order valence-electron chi connectivity index (χ0n) is 18.5. The summed E-state index contributed by atoms with van der Waals surface area (Å²) in [5.74, 6) is 0. The largest absolute Gasteiger partial charge is 0.392 e. The Hall–Kier alpha value is -2.37. The van der Waals surface area contributed by atoms with Gasteiger partial charge in [0, 0.05) is 25.3 Å². The molecule has 1 aliphatic heterocycles. The lowest BCUT2D eigenvalue weighted by molar-refractivity contribution is -0.0355. The molecule has 174 valence electrons. The van der Waals surface area contributed by atoms with Gasteiger partial charge in [0.2, 0.25) is 0 Å². The highest BCUT2D eigenvalue weighted by molar-refractivity contribution is 7.92. The molecule has 32 heavy (non-hydrogen) atoms. The first-order valence-corrected chi connectivity index (χ1v) is 12.0. The zero-order chi connectivity index (χ0) is 23.7. The van der Waals surface area contributed by atoms with Crippen molar-refractivity contribution >= 4 is 15.5 Å². The number of hydrogen-bond donors (Lipinski definition) is 4. The molecule has 0 spiro atoms. The van der Waals surface area contributed by atoms with E-state index < -0.39 is 32.5 Å². The molecule has 2 aromatic rings. The SMILES string of the molecule is CC(C)(O)c1cc(-c2ccc(C3=NO[C@@H](C[C@](C)(C(O)NO)S(C)(=O)=O)C3)cc2)ccn1. The van der Waals surface area contributed by atoms with E-state index in [1.165, 1.54) is 6.92 Å². The van der Waals surface area contributed by atoms with Crippen molar-refractivity contribution in [1.29, 1.82) is 0 Å². The topological polar surface area (TPSA) is 141 Å². The number of aliphatic hydroxyl groups excluding tert-OH is 1. The summed E-state index contributed by atoms with van der Waals surface area (Å²) in [4.78, 5) is 9.66. The van der Waals surface area contributed by atoms with Crippen LogP contribution in [0.4, 0.5) is 0 Å². The minimum atomic E-state index is -3.72. The standard InChI is InChI=1S/C22H29N3O6S/c1-21(2,27)19-11-16(9-10-23-19)14-5-7-15(8-6-14)18-12-17(31-25-18)13-22(3,20(26)24-28)32(4,29)30/h5-11,17,20,24,26-28H,12-13H2,1-4H3/t17-,20?,22-/m1/s1. The molecule has 0 radical (unpaired) electrons. The Morgan fingerprint density at radius 3 is 2.34 bits per heavy atom. The quantitative estimate of drug-likeness (QED) is 0.344. The molecule has 0 amide bonds. The number of rotatable bonds is 8. The molecule has 3 rings (SSSR count). The van der Waals surface area contributed by atoms with E-state index in [-0.39, 0.29) is 6.42 Å². The maximum absolute atomic E-state index is 12.2. The second-order valence-electron chi connectivity index (χ2n) is 8.86. The van der Waals surface area contributed by atoms with Crippen LogP contribution in [0.25, 0.3) is 11.1 Å². The molecule has 0 saturated carbocycles. The number of aromatic nitrogens is 1. The van der Waals surface area contributed by atoms with Gasteiger partial charge in [-0.25, -0.2) is 8.42 Å². The van der Waals surface area contributed by atoms with Gasteiger partial charge in [0.15, 0.2) is 9.84 Å². The van der Waals surface area contributed by atoms with Crippen LogP contribution >= 0.6 is 0 Å². The van der Waals surface area contributed by atoms with Crippen LogP contribution in [0.1, 0.15) is 44.9 Å². The Labute approximate surface area is 187 Å². The highest BCUT2D eigenvalue weighted by atomic mass is 32.2. The summed E-state index contributed by atoms with van der Waals surface area (Å²) in [6, 6.07) is 11.3. The van der Waals surface area contributed by atoms with Crippen LogP contribution < -0.4 is 5.48 Å². The van der Waals surface area contributed by atoms with Gasteiger partial charge < -0.3 is 20.3 Å². The molecule has 0 aliphatic carbocycles. The highest BCUT2D eigenvalue weighted by Gasteiger charge is 2.46. The fraction of sp³-hybridized carbons (Fsp3) is 0.455. The van der Waals surface area contributed by atoms with Crippen LogP contribution in [0.3, 0.4) is 0 Å².